The van der Waals surface area contributed by atoms with E-state index in [4.69, 9.17) is 9.47 Å². The minimum Gasteiger partial charge on any atom is -0.480 e. The second-order valence-corrected chi connectivity index (χ2v) is 21.2. The number of hydrogen-bond acceptors (Lipinski definition) is 10. The fourth-order valence-electron chi connectivity index (χ4n) is 8.69. The topological polar surface area (TPSA) is 251 Å². The van der Waals surface area contributed by atoms with Crippen LogP contribution in [0.1, 0.15) is 110 Å². The van der Waals surface area contributed by atoms with E-state index in [0.717, 1.165) is 0 Å². The van der Waals surface area contributed by atoms with Crippen LogP contribution >= 0.6 is 0 Å². The normalized spacial score (nSPS) is 15.1. The molecule has 7 amide bonds. The molecular formula is C57H73N7O11. The minimum atomic E-state index is -1.71. The zero-order chi connectivity index (χ0) is 55.1. The standard InChI is InChI=1S/C57H73N7O11/c1-37(2)33-42(48(67)62-56(8,9)52(72)64-32-22-31-45(64)49(68)59-44(50(69)70)36-75-54(3,4)5)58-47(66)43(60-51(71)55(6,7)63-53(73)74-35-38-23-14-10-15-24-38)34-46(65)61-57(39-25-16-11-17-26-39,40-27-18-12-19-28-40)41-29-20-13-21-30-41/h10-21,23-30,37,42-45H,22,31-36H2,1-9H3,(H,58,66)(H,59,68)(H,60,71)(H,61,65)(H,62,67)(H,63,73)(H,69,70)/t42-,43-,44-,45-/m0/s1. The van der Waals surface area contributed by atoms with E-state index >= 15 is 0 Å². The van der Waals surface area contributed by atoms with Crippen LogP contribution in [0.15, 0.2) is 121 Å². The molecule has 5 rings (SSSR count). The Labute approximate surface area is 439 Å². The second-order valence-electron chi connectivity index (χ2n) is 21.2. The molecule has 1 fully saturated rings. The molecule has 4 aromatic rings. The lowest BCUT2D eigenvalue weighted by molar-refractivity contribution is -0.148. The Morgan fingerprint density at radius 3 is 1.64 bits per heavy atom. The van der Waals surface area contributed by atoms with Crippen LogP contribution < -0.4 is 31.9 Å². The Hall–Kier alpha value is -7.60. The fourth-order valence-corrected chi connectivity index (χ4v) is 8.69. The van der Waals surface area contributed by atoms with Gasteiger partial charge in [0.2, 0.25) is 35.4 Å². The van der Waals surface area contributed by atoms with Gasteiger partial charge in [-0.2, -0.15) is 0 Å². The van der Waals surface area contributed by atoms with Gasteiger partial charge in [0, 0.05) is 6.54 Å². The Morgan fingerprint density at radius 1 is 0.627 bits per heavy atom. The number of aliphatic carboxylic acids is 1. The van der Waals surface area contributed by atoms with Crippen LogP contribution in [-0.2, 0) is 55.2 Å². The molecule has 18 nitrogen and oxygen atoms in total. The van der Waals surface area contributed by atoms with E-state index < -0.39 is 100 Å². The third-order valence-corrected chi connectivity index (χ3v) is 12.6. The van der Waals surface area contributed by atoms with E-state index in [1.165, 1.54) is 32.6 Å². The summed E-state index contributed by atoms with van der Waals surface area (Å²) in [5, 5.41) is 26.3. The van der Waals surface area contributed by atoms with Crippen molar-refractivity contribution in [2.24, 2.45) is 5.92 Å². The maximum absolute atomic E-state index is 14.8. The number of carboxylic acid groups (broad SMARTS) is 1. The summed E-state index contributed by atoms with van der Waals surface area (Å²) < 4.78 is 11.0. The van der Waals surface area contributed by atoms with Crippen molar-refractivity contribution >= 4 is 47.5 Å². The first-order chi connectivity index (χ1) is 35.3. The van der Waals surface area contributed by atoms with E-state index in [-0.39, 0.29) is 38.5 Å². The number of carbonyl (C=O) groups excluding carboxylic acids is 7. The maximum Gasteiger partial charge on any atom is 0.408 e. The monoisotopic (exact) mass is 1030 g/mol. The Morgan fingerprint density at radius 2 is 1.15 bits per heavy atom. The number of carbonyl (C=O) groups is 8. The van der Waals surface area contributed by atoms with Crippen molar-refractivity contribution in [3.05, 3.63) is 144 Å². The fraction of sp³-hybridized carbons (Fsp3) is 0.439. The minimum absolute atomic E-state index is 0.0517. The lowest BCUT2D eigenvalue weighted by Gasteiger charge is -2.37. The van der Waals surface area contributed by atoms with Gasteiger partial charge in [-0.3, -0.25) is 28.8 Å². The molecule has 0 unspecified atom stereocenters. The molecular weight excluding hydrogens is 959 g/mol. The van der Waals surface area contributed by atoms with Gasteiger partial charge in [0.1, 0.15) is 41.3 Å². The number of alkyl carbamates (subject to hydrolysis) is 1. The number of carboxylic acids is 1. The number of nitrogens with one attached hydrogen (secondary N) is 6. The highest BCUT2D eigenvalue weighted by Crippen LogP contribution is 2.37. The average Bonchev–Trinajstić information content (AvgIpc) is 3.86. The van der Waals surface area contributed by atoms with Gasteiger partial charge in [0.15, 0.2) is 6.04 Å². The number of amides is 7. The molecule has 1 heterocycles. The lowest BCUT2D eigenvalue weighted by atomic mass is 9.77. The van der Waals surface area contributed by atoms with Gasteiger partial charge >= 0.3 is 12.1 Å². The van der Waals surface area contributed by atoms with Crippen LogP contribution in [0.4, 0.5) is 4.79 Å². The van der Waals surface area contributed by atoms with Crippen LogP contribution in [0.5, 0.6) is 0 Å². The highest BCUT2D eigenvalue weighted by Gasteiger charge is 2.44. The highest BCUT2D eigenvalue weighted by atomic mass is 16.5. The van der Waals surface area contributed by atoms with E-state index in [9.17, 15) is 43.5 Å². The van der Waals surface area contributed by atoms with Crippen LogP contribution in [-0.4, -0.2) is 112 Å². The van der Waals surface area contributed by atoms with Gasteiger partial charge in [-0.15, -0.1) is 0 Å². The summed E-state index contributed by atoms with van der Waals surface area (Å²) in [4.78, 5) is 113. The smallest absolute Gasteiger partial charge is 0.408 e. The summed E-state index contributed by atoms with van der Waals surface area (Å²) in [6.07, 6.45) is -0.843. The van der Waals surface area contributed by atoms with E-state index in [0.29, 0.717) is 28.7 Å². The molecule has 75 heavy (non-hydrogen) atoms. The van der Waals surface area contributed by atoms with Gasteiger partial charge in [0.25, 0.3) is 0 Å². The van der Waals surface area contributed by atoms with Crippen LogP contribution in [0, 0.1) is 5.92 Å². The molecule has 0 aromatic heterocycles. The SMILES string of the molecule is CC(C)C[C@H](NC(=O)[C@H](CC(=O)NC(c1ccccc1)(c1ccccc1)c1ccccc1)NC(=O)C(C)(C)NC(=O)OCc1ccccc1)C(=O)NC(C)(C)C(=O)N1CCC[C@H]1C(=O)N[C@@H](COC(C)(C)C)C(=O)O. The number of benzene rings is 4. The van der Waals surface area contributed by atoms with Crippen LogP contribution in [0.2, 0.25) is 0 Å². The van der Waals surface area contributed by atoms with E-state index in [1.54, 1.807) is 45.0 Å². The lowest BCUT2D eigenvalue weighted by Crippen LogP contribution is -2.64. The Balaban J connectivity index is 1.42. The molecule has 0 aliphatic carbocycles. The third kappa shape index (κ3) is 16.2. The van der Waals surface area contributed by atoms with E-state index in [1.807, 2.05) is 111 Å². The Bertz CT molecular complexity index is 2510. The van der Waals surface area contributed by atoms with Crippen molar-refractivity contribution < 1.29 is 52.9 Å². The molecule has 18 heteroatoms. The molecule has 1 aliphatic rings. The van der Waals surface area contributed by atoms with E-state index in [2.05, 4.69) is 31.9 Å². The number of nitrogens with zero attached hydrogens (tertiary/aromatic N) is 1. The quantitative estimate of drug-likeness (QED) is 0.0459. The first-order valence-corrected chi connectivity index (χ1v) is 25.2. The number of ether oxygens (including phenoxy) is 2. The van der Waals surface area contributed by atoms with Gasteiger partial charge in [-0.05, 0) is 95.9 Å². The molecule has 7 N–H and O–H groups in total. The van der Waals surface area contributed by atoms with Crippen LogP contribution in [0.3, 0.4) is 0 Å². The summed E-state index contributed by atoms with van der Waals surface area (Å²) in [6, 6.07) is 31.4. The van der Waals surface area contributed by atoms with Gasteiger partial charge in [-0.25, -0.2) is 9.59 Å². The first-order valence-electron chi connectivity index (χ1n) is 25.2. The molecule has 0 bridgehead atoms. The van der Waals surface area contributed by atoms with Crippen LogP contribution in [0.25, 0.3) is 0 Å². The van der Waals surface area contributed by atoms with Gasteiger partial charge in [0.05, 0.1) is 18.6 Å². The predicted octanol–water partition coefficient (Wildman–Crippen LogP) is 5.48. The van der Waals surface area contributed by atoms with Crippen molar-refractivity contribution in [3.8, 4) is 0 Å². The average molecular weight is 1030 g/mol. The molecule has 1 saturated heterocycles. The molecule has 0 radical (unpaired) electrons. The second kappa shape index (κ2) is 25.6. The number of rotatable bonds is 23. The molecule has 0 spiro atoms. The molecule has 0 saturated carbocycles. The molecule has 402 valence electrons. The molecule has 1 aliphatic heterocycles. The van der Waals surface area contributed by atoms with Crippen molar-refractivity contribution in [1.29, 1.82) is 0 Å². The predicted molar refractivity (Wildman–Crippen MR) is 281 cm³/mol. The zero-order valence-corrected chi connectivity index (χ0v) is 44.4. The third-order valence-electron chi connectivity index (χ3n) is 12.6. The highest BCUT2D eigenvalue weighted by molar-refractivity contribution is 5.99. The number of hydrogen-bond donors (Lipinski definition) is 7. The van der Waals surface area contributed by atoms with Crippen molar-refractivity contribution in [2.45, 2.75) is 141 Å². The van der Waals surface area contributed by atoms with Crippen molar-refractivity contribution in [1.82, 2.24) is 36.8 Å². The Kier molecular flexibility index (Phi) is 19.9. The maximum atomic E-state index is 14.8. The van der Waals surface area contributed by atoms with Crippen molar-refractivity contribution in [2.75, 3.05) is 13.2 Å². The zero-order valence-electron chi connectivity index (χ0n) is 44.4. The van der Waals surface area contributed by atoms with Gasteiger partial charge in [-0.1, -0.05) is 135 Å². The summed E-state index contributed by atoms with van der Waals surface area (Å²) in [7, 11) is 0. The first kappa shape index (κ1) is 58.3. The molecule has 4 atom stereocenters. The summed E-state index contributed by atoms with van der Waals surface area (Å²) in [5.41, 5.74) is -2.55. The van der Waals surface area contributed by atoms with Gasteiger partial charge < -0.3 is 51.4 Å². The van der Waals surface area contributed by atoms with Crippen molar-refractivity contribution in [3.63, 3.8) is 0 Å². The largest absolute Gasteiger partial charge is 0.480 e. The number of likely N-dealkylation sites (tertiary alicyclic amines) is 1. The summed E-state index contributed by atoms with van der Waals surface area (Å²) in [6.45, 7) is 14.4. The molecule has 4 aromatic carbocycles. The summed E-state index contributed by atoms with van der Waals surface area (Å²) in [5.74, 6) is -6.05. The summed E-state index contributed by atoms with van der Waals surface area (Å²) >= 11 is 0.